The second kappa shape index (κ2) is 8.06. The second-order valence-corrected chi connectivity index (χ2v) is 9.43. The Hall–Kier alpha value is -3.06. The van der Waals surface area contributed by atoms with Gasteiger partial charge >= 0.3 is 0 Å². The summed E-state index contributed by atoms with van der Waals surface area (Å²) in [5, 5.41) is 10.6. The van der Waals surface area contributed by atoms with Crippen LogP contribution in [0.1, 0.15) is 5.69 Å². The predicted molar refractivity (Wildman–Crippen MR) is 136 cm³/mol. The van der Waals surface area contributed by atoms with Crippen molar-refractivity contribution in [2.24, 2.45) is 14.1 Å². The molecule has 0 spiro atoms. The molecule has 0 fully saturated rings. The van der Waals surface area contributed by atoms with Gasteiger partial charge in [-0.1, -0.05) is 35.3 Å². The SMILES string of the molecule is CN(C)Cc1cc(-c2ccc3c(c2)c2cc(-c4ccc(Cl)cc4Cl)c(=O)n(C)c2n3C)[nH]n1. The van der Waals surface area contributed by atoms with Crippen LogP contribution >= 0.6 is 23.2 Å². The number of aryl methyl sites for hydroxylation is 2. The van der Waals surface area contributed by atoms with Crippen LogP contribution in [0.2, 0.25) is 10.0 Å². The first kappa shape index (κ1) is 21.8. The van der Waals surface area contributed by atoms with Crippen LogP contribution in [0.3, 0.4) is 0 Å². The van der Waals surface area contributed by atoms with E-state index >= 15 is 0 Å². The van der Waals surface area contributed by atoms with Gasteiger partial charge in [0.1, 0.15) is 5.65 Å². The molecule has 0 amide bonds. The first-order valence-corrected chi connectivity index (χ1v) is 11.3. The van der Waals surface area contributed by atoms with Gasteiger partial charge in [-0.05, 0) is 50.5 Å². The van der Waals surface area contributed by atoms with Crippen molar-refractivity contribution in [1.29, 1.82) is 0 Å². The molecule has 1 N–H and O–H groups in total. The molecule has 3 aromatic heterocycles. The molecule has 0 aliphatic carbocycles. The quantitative estimate of drug-likeness (QED) is 0.372. The molecule has 168 valence electrons. The van der Waals surface area contributed by atoms with Crippen LogP contribution in [0.5, 0.6) is 0 Å². The zero-order chi connectivity index (χ0) is 23.4. The zero-order valence-corrected chi connectivity index (χ0v) is 20.3. The van der Waals surface area contributed by atoms with E-state index in [1.165, 1.54) is 0 Å². The third kappa shape index (κ3) is 3.64. The molecule has 6 nitrogen and oxygen atoms in total. The lowest BCUT2D eigenvalue weighted by Crippen LogP contribution is -2.20. The Morgan fingerprint density at radius 3 is 2.45 bits per heavy atom. The monoisotopic (exact) mass is 479 g/mol. The van der Waals surface area contributed by atoms with Crippen molar-refractivity contribution in [2.75, 3.05) is 14.1 Å². The number of halogens is 2. The Kier molecular flexibility index (Phi) is 5.32. The fourth-order valence-corrected chi connectivity index (χ4v) is 4.99. The van der Waals surface area contributed by atoms with Crippen molar-refractivity contribution >= 4 is 45.1 Å². The molecule has 33 heavy (non-hydrogen) atoms. The fraction of sp³-hybridized carbons (Fsp3) is 0.200. The van der Waals surface area contributed by atoms with Gasteiger partial charge in [0.2, 0.25) is 0 Å². The van der Waals surface area contributed by atoms with Gasteiger partial charge in [-0.25, -0.2) is 0 Å². The molecular formula is C25H23Cl2N5O. The van der Waals surface area contributed by atoms with Crippen molar-refractivity contribution in [3.63, 3.8) is 0 Å². The normalized spacial score (nSPS) is 11.8. The molecule has 0 radical (unpaired) electrons. The summed E-state index contributed by atoms with van der Waals surface area (Å²) in [6.07, 6.45) is 0. The number of nitrogens with zero attached hydrogens (tertiary/aromatic N) is 4. The molecule has 0 saturated carbocycles. The number of hydrogen-bond donors (Lipinski definition) is 1. The molecule has 3 heterocycles. The van der Waals surface area contributed by atoms with E-state index in [1.54, 1.807) is 29.8 Å². The van der Waals surface area contributed by atoms with Crippen LogP contribution in [0.15, 0.2) is 53.3 Å². The smallest absolute Gasteiger partial charge is 0.259 e. The Bertz CT molecular complexity index is 1590. The van der Waals surface area contributed by atoms with Crippen molar-refractivity contribution in [1.82, 2.24) is 24.2 Å². The molecule has 0 unspecified atom stereocenters. The summed E-state index contributed by atoms with van der Waals surface area (Å²) < 4.78 is 3.73. The maximum absolute atomic E-state index is 13.3. The van der Waals surface area contributed by atoms with Crippen LogP contribution < -0.4 is 5.56 Å². The van der Waals surface area contributed by atoms with Gasteiger partial charge in [0.25, 0.3) is 5.56 Å². The number of pyridine rings is 1. The summed E-state index contributed by atoms with van der Waals surface area (Å²) in [5.41, 5.74) is 5.95. The van der Waals surface area contributed by atoms with Crippen molar-refractivity contribution in [2.45, 2.75) is 6.54 Å². The summed E-state index contributed by atoms with van der Waals surface area (Å²) in [6, 6.07) is 15.5. The Morgan fingerprint density at radius 2 is 1.73 bits per heavy atom. The van der Waals surface area contributed by atoms with Gasteiger partial charge in [-0.2, -0.15) is 5.10 Å². The number of rotatable bonds is 4. The lowest BCUT2D eigenvalue weighted by Gasteiger charge is -2.09. The number of fused-ring (bicyclic) bond motifs is 3. The summed E-state index contributed by atoms with van der Waals surface area (Å²) >= 11 is 12.5. The van der Waals surface area contributed by atoms with Gasteiger partial charge in [0, 0.05) is 53.1 Å². The largest absolute Gasteiger partial charge is 0.330 e. The minimum Gasteiger partial charge on any atom is -0.330 e. The maximum Gasteiger partial charge on any atom is 0.259 e. The van der Waals surface area contributed by atoms with E-state index in [1.807, 2.05) is 31.8 Å². The molecule has 2 aromatic carbocycles. The van der Waals surface area contributed by atoms with Gasteiger partial charge in [0.05, 0.1) is 21.9 Å². The highest BCUT2D eigenvalue weighted by Crippen LogP contribution is 2.35. The van der Waals surface area contributed by atoms with E-state index in [2.05, 4.69) is 39.4 Å². The van der Waals surface area contributed by atoms with Crippen molar-refractivity contribution < 1.29 is 0 Å². The van der Waals surface area contributed by atoms with Crippen LogP contribution in [-0.2, 0) is 20.6 Å². The molecule has 0 atom stereocenters. The Balaban J connectivity index is 1.75. The second-order valence-electron chi connectivity index (χ2n) is 8.59. The summed E-state index contributed by atoms with van der Waals surface area (Å²) in [4.78, 5) is 15.4. The molecule has 5 rings (SSSR count). The van der Waals surface area contributed by atoms with E-state index in [0.29, 0.717) is 21.2 Å². The highest BCUT2D eigenvalue weighted by molar-refractivity contribution is 6.36. The van der Waals surface area contributed by atoms with Gasteiger partial charge in [-0.3, -0.25) is 14.5 Å². The molecule has 8 heteroatoms. The lowest BCUT2D eigenvalue weighted by atomic mass is 10.0. The third-order valence-electron chi connectivity index (χ3n) is 5.99. The average molecular weight is 480 g/mol. The first-order chi connectivity index (χ1) is 15.7. The number of H-pyrrole nitrogens is 1. The minimum atomic E-state index is -0.111. The molecule has 0 aliphatic rings. The molecule has 5 aromatic rings. The topological polar surface area (TPSA) is 58.9 Å². The Labute approximate surface area is 201 Å². The van der Waals surface area contributed by atoms with E-state index in [0.717, 1.165) is 45.4 Å². The van der Waals surface area contributed by atoms with Crippen LogP contribution in [-0.4, -0.2) is 38.3 Å². The lowest BCUT2D eigenvalue weighted by molar-refractivity contribution is 0.396. The molecule has 0 aliphatic heterocycles. The summed E-state index contributed by atoms with van der Waals surface area (Å²) in [7, 11) is 7.81. The van der Waals surface area contributed by atoms with Gasteiger partial charge in [-0.15, -0.1) is 0 Å². The number of benzene rings is 2. The third-order valence-corrected chi connectivity index (χ3v) is 6.54. The molecule has 0 saturated heterocycles. The van der Waals surface area contributed by atoms with E-state index in [9.17, 15) is 4.79 Å². The van der Waals surface area contributed by atoms with Crippen LogP contribution in [0, 0.1) is 0 Å². The number of hydrogen-bond acceptors (Lipinski definition) is 3. The average Bonchev–Trinajstić information content (AvgIpc) is 3.33. The zero-order valence-electron chi connectivity index (χ0n) is 18.8. The number of nitrogens with one attached hydrogen (secondary N) is 1. The summed E-state index contributed by atoms with van der Waals surface area (Å²) in [5.74, 6) is 0. The highest BCUT2D eigenvalue weighted by atomic mass is 35.5. The highest BCUT2D eigenvalue weighted by Gasteiger charge is 2.18. The van der Waals surface area contributed by atoms with E-state index < -0.39 is 0 Å². The number of aromatic nitrogens is 4. The summed E-state index contributed by atoms with van der Waals surface area (Å²) in [6.45, 7) is 0.764. The maximum atomic E-state index is 13.3. The van der Waals surface area contributed by atoms with Crippen LogP contribution in [0.25, 0.3) is 44.3 Å². The van der Waals surface area contributed by atoms with Crippen molar-refractivity contribution in [3.05, 3.63) is 74.6 Å². The van der Waals surface area contributed by atoms with Crippen LogP contribution in [0.4, 0.5) is 0 Å². The molecular weight excluding hydrogens is 457 g/mol. The predicted octanol–water partition coefficient (Wildman–Crippen LogP) is 5.46. The van der Waals surface area contributed by atoms with E-state index in [4.69, 9.17) is 23.2 Å². The van der Waals surface area contributed by atoms with E-state index in [-0.39, 0.29) is 5.56 Å². The van der Waals surface area contributed by atoms with Gasteiger partial charge in [0.15, 0.2) is 0 Å². The molecule has 0 bridgehead atoms. The van der Waals surface area contributed by atoms with Crippen molar-refractivity contribution in [3.8, 4) is 22.4 Å². The number of aromatic amines is 1. The Morgan fingerprint density at radius 1 is 0.939 bits per heavy atom. The first-order valence-electron chi connectivity index (χ1n) is 10.5. The van der Waals surface area contributed by atoms with Gasteiger partial charge < -0.3 is 9.47 Å². The fourth-order valence-electron chi connectivity index (χ4n) is 4.47. The standard InChI is InChI=1S/C25H23Cl2N5O/c1-30(2)13-16-11-22(29-28-16)14-5-8-23-18(9-14)19-12-20(17-7-6-15(26)10-21(17)27)25(33)32(4)24(19)31(23)3/h5-12H,13H2,1-4H3,(H,28,29). The minimum absolute atomic E-state index is 0.111.